The van der Waals surface area contributed by atoms with E-state index in [9.17, 15) is 9.59 Å². The number of nitrogens with one attached hydrogen (secondary N) is 2. The SMILES string of the molecule is [2H]C([2H])([2H])Oc1ccc2c(c1)ncc1c(=O)n(-c3ccc(=O)[nH]c3)[nH]c12. The molecule has 114 valence electrons. The Bertz CT molecular complexity index is 1230. The van der Waals surface area contributed by atoms with Crippen LogP contribution in [-0.2, 0) is 0 Å². The molecular formula is C16H12N4O3. The van der Waals surface area contributed by atoms with Crippen LogP contribution in [0.5, 0.6) is 5.75 Å². The molecule has 0 bridgehead atoms. The van der Waals surface area contributed by atoms with Gasteiger partial charge in [-0.15, -0.1) is 0 Å². The standard InChI is InChI=1S/C16H12N4O3/c1-23-10-3-4-11-13(6-10)17-8-12-15(11)19-20(16(12)22)9-2-5-14(21)18-7-9/h2-8,19H,1H3,(H,18,21)/i1D3. The highest BCUT2D eigenvalue weighted by molar-refractivity contribution is 6.03. The Labute approximate surface area is 133 Å². The molecule has 23 heavy (non-hydrogen) atoms. The van der Waals surface area contributed by atoms with Gasteiger partial charge in [0, 0.05) is 29.9 Å². The van der Waals surface area contributed by atoms with E-state index >= 15 is 0 Å². The second-order valence-electron chi connectivity index (χ2n) is 4.99. The Morgan fingerprint density at radius 2 is 2.13 bits per heavy atom. The molecule has 0 fully saturated rings. The molecule has 0 saturated carbocycles. The number of hydrogen-bond donors (Lipinski definition) is 2. The molecule has 0 radical (unpaired) electrons. The van der Waals surface area contributed by atoms with Crippen molar-refractivity contribution in [1.82, 2.24) is 19.7 Å². The van der Waals surface area contributed by atoms with Gasteiger partial charge in [-0.3, -0.25) is 19.7 Å². The van der Waals surface area contributed by atoms with Crippen LogP contribution in [0.3, 0.4) is 0 Å². The van der Waals surface area contributed by atoms with E-state index in [1.54, 1.807) is 6.07 Å². The smallest absolute Gasteiger partial charge is 0.280 e. The van der Waals surface area contributed by atoms with E-state index in [4.69, 9.17) is 8.85 Å². The third-order valence-electron chi connectivity index (χ3n) is 3.64. The number of benzene rings is 1. The van der Waals surface area contributed by atoms with Crippen molar-refractivity contribution in [1.29, 1.82) is 0 Å². The number of aromatic amines is 2. The lowest BCUT2D eigenvalue weighted by Gasteiger charge is -2.02. The second-order valence-corrected chi connectivity index (χ2v) is 4.99. The number of rotatable bonds is 2. The number of methoxy groups -OCH3 is 1. The van der Waals surface area contributed by atoms with Crippen LogP contribution in [0, 0.1) is 0 Å². The minimum atomic E-state index is -2.56. The summed E-state index contributed by atoms with van der Waals surface area (Å²) in [5.74, 6) is 0.159. The lowest BCUT2D eigenvalue weighted by atomic mass is 10.1. The Balaban J connectivity index is 1.90. The monoisotopic (exact) mass is 311 g/mol. The number of aromatic nitrogens is 4. The van der Waals surface area contributed by atoms with Crippen LogP contribution < -0.4 is 15.9 Å². The van der Waals surface area contributed by atoms with Gasteiger partial charge in [0.05, 0.1) is 33.3 Å². The van der Waals surface area contributed by atoms with Gasteiger partial charge in [0.25, 0.3) is 5.56 Å². The fourth-order valence-electron chi connectivity index (χ4n) is 2.53. The van der Waals surface area contributed by atoms with Crippen molar-refractivity contribution < 1.29 is 8.85 Å². The van der Waals surface area contributed by atoms with Gasteiger partial charge in [-0.2, -0.15) is 0 Å². The maximum atomic E-state index is 12.6. The molecule has 0 aliphatic rings. The van der Waals surface area contributed by atoms with Crippen LogP contribution in [0.2, 0.25) is 0 Å². The highest BCUT2D eigenvalue weighted by atomic mass is 16.5. The van der Waals surface area contributed by atoms with E-state index in [-0.39, 0.29) is 16.9 Å². The van der Waals surface area contributed by atoms with E-state index in [1.165, 1.54) is 41.3 Å². The predicted molar refractivity (Wildman–Crippen MR) is 86.4 cm³/mol. The largest absolute Gasteiger partial charge is 0.497 e. The fourth-order valence-corrected chi connectivity index (χ4v) is 2.53. The van der Waals surface area contributed by atoms with Crippen molar-refractivity contribution in [2.45, 2.75) is 0 Å². The maximum absolute atomic E-state index is 12.6. The first-order valence-electron chi connectivity index (χ1n) is 8.23. The molecule has 4 rings (SSSR count). The summed E-state index contributed by atoms with van der Waals surface area (Å²) in [7, 11) is -2.56. The average molecular weight is 311 g/mol. The molecule has 1 aromatic carbocycles. The van der Waals surface area contributed by atoms with E-state index < -0.39 is 7.04 Å². The van der Waals surface area contributed by atoms with Gasteiger partial charge in [-0.25, -0.2) is 4.68 Å². The van der Waals surface area contributed by atoms with E-state index in [2.05, 4.69) is 15.1 Å². The molecular weight excluding hydrogens is 296 g/mol. The van der Waals surface area contributed by atoms with Crippen molar-refractivity contribution in [3.63, 3.8) is 0 Å². The highest BCUT2D eigenvalue weighted by Gasteiger charge is 2.12. The quantitative estimate of drug-likeness (QED) is 0.587. The van der Waals surface area contributed by atoms with Crippen LogP contribution >= 0.6 is 0 Å². The van der Waals surface area contributed by atoms with Crippen molar-refractivity contribution >= 4 is 21.8 Å². The normalized spacial score (nSPS) is 13.7. The molecule has 0 amide bonds. The molecule has 7 nitrogen and oxygen atoms in total. The summed E-state index contributed by atoms with van der Waals surface area (Å²) in [4.78, 5) is 30.6. The fraction of sp³-hybridized carbons (Fsp3) is 0.0625. The van der Waals surface area contributed by atoms with Crippen LogP contribution in [0.1, 0.15) is 4.11 Å². The first kappa shape index (κ1) is 10.4. The van der Waals surface area contributed by atoms with E-state index in [0.717, 1.165) is 0 Å². The Morgan fingerprint density at radius 1 is 1.22 bits per heavy atom. The molecule has 3 aromatic heterocycles. The zero-order valence-corrected chi connectivity index (χ0v) is 11.7. The summed E-state index contributed by atoms with van der Waals surface area (Å²) in [6.07, 6.45) is 2.84. The molecule has 0 atom stereocenters. The lowest BCUT2D eigenvalue weighted by molar-refractivity contribution is 0.415. The van der Waals surface area contributed by atoms with Crippen LogP contribution in [0.4, 0.5) is 0 Å². The van der Waals surface area contributed by atoms with Gasteiger partial charge in [0.15, 0.2) is 0 Å². The molecule has 4 aromatic rings. The van der Waals surface area contributed by atoms with Crippen molar-refractivity contribution in [3.8, 4) is 11.4 Å². The summed E-state index contributed by atoms with van der Waals surface area (Å²) in [6, 6.07) is 7.48. The van der Waals surface area contributed by atoms with E-state index in [0.29, 0.717) is 27.5 Å². The summed E-state index contributed by atoms with van der Waals surface area (Å²) >= 11 is 0. The summed E-state index contributed by atoms with van der Waals surface area (Å²) in [6.45, 7) is 0. The Morgan fingerprint density at radius 3 is 2.91 bits per heavy atom. The Kier molecular flexibility index (Phi) is 2.19. The van der Waals surface area contributed by atoms with Crippen LogP contribution in [0.15, 0.2) is 52.3 Å². The lowest BCUT2D eigenvalue weighted by Crippen LogP contribution is -2.16. The van der Waals surface area contributed by atoms with Crippen LogP contribution in [0.25, 0.3) is 27.5 Å². The summed E-state index contributed by atoms with van der Waals surface area (Å²) < 4.78 is 27.7. The molecule has 7 heteroatoms. The third-order valence-corrected chi connectivity index (χ3v) is 3.64. The molecule has 3 heterocycles. The van der Waals surface area contributed by atoms with Crippen molar-refractivity contribution in [2.75, 3.05) is 7.04 Å². The van der Waals surface area contributed by atoms with Gasteiger partial charge in [-0.05, 0) is 18.2 Å². The highest BCUT2D eigenvalue weighted by Crippen LogP contribution is 2.24. The molecule has 0 unspecified atom stereocenters. The first-order valence-corrected chi connectivity index (χ1v) is 6.73. The van der Waals surface area contributed by atoms with Gasteiger partial charge >= 0.3 is 0 Å². The van der Waals surface area contributed by atoms with Crippen LogP contribution in [-0.4, -0.2) is 26.8 Å². The average Bonchev–Trinajstić information content (AvgIpc) is 2.91. The van der Waals surface area contributed by atoms with Crippen molar-refractivity contribution in [3.05, 3.63) is 63.4 Å². The second kappa shape index (κ2) is 4.84. The number of fused-ring (bicyclic) bond motifs is 3. The van der Waals surface area contributed by atoms with E-state index in [1.807, 2.05) is 0 Å². The van der Waals surface area contributed by atoms with Crippen molar-refractivity contribution in [2.24, 2.45) is 0 Å². The topological polar surface area (TPSA) is 92.8 Å². The Hall–Kier alpha value is -3.35. The molecule has 0 aliphatic carbocycles. The minimum absolute atomic E-state index is 0.159. The van der Waals surface area contributed by atoms with Gasteiger partial charge < -0.3 is 9.72 Å². The first-order chi connectivity index (χ1) is 12.3. The molecule has 0 spiro atoms. The number of hydrogen-bond acceptors (Lipinski definition) is 4. The maximum Gasteiger partial charge on any atom is 0.280 e. The summed E-state index contributed by atoms with van der Waals surface area (Å²) in [5, 5.41) is 4.01. The molecule has 2 N–H and O–H groups in total. The summed E-state index contributed by atoms with van der Waals surface area (Å²) in [5.41, 5.74) is 0.915. The predicted octanol–water partition coefficient (Wildman–Crippen LogP) is 1.56. The molecule has 0 aliphatic heterocycles. The number of H-pyrrole nitrogens is 2. The van der Waals surface area contributed by atoms with Gasteiger partial charge in [0.1, 0.15) is 5.75 Å². The number of ether oxygens (including phenoxy) is 1. The van der Waals surface area contributed by atoms with Gasteiger partial charge in [0.2, 0.25) is 5.56 Å². The molecule has 0 saturated heterocycles. The minimum Gasteiger partial charge on any atom is -0.497 e. The number of pyridine rings is 2. The zero-order chi connectivity index (χ0) is 18.5. The number of nitrogens with zero attached hydrogens (tertiary/aromatic N) is 2. The van der Waals surface area contributed by atoms with Gasteiger partial charge in [-0.1, -0.05) is 0 Å². The third kappa shape index (κ3) is 2.02. The zero-order valence-electron chi connectivity index (χ0n) is 14.7.